The van der Waals surface area contributed by atoms with E-state index < -0.39 is 24.3 Å². The maximum absolute atomic E-state index is 13.0. The predicted octanol–water partition coefficient (Wildman–Crippen LogP) is 25.6. The van der Waals surface area contributed by atoms with Crippen molar-refractivity contribution in [3.8, 4) is 0 Å². The second kappa shape index (κ2) is 76.1. The summed E-state index contributed by atoms with van der Waals surface area (Å²) in [5, 5.41) is 11.9. The van der Waals surface area contributed by atoms with E-state index in [9.17, 15) is 19.5 Å². The van der Waals surface area contributed by atoms with Crippen LogP contribution in [0.25, 0.3) is 0 Å². The zero-order valence-corrected chi connectivity index (χ0v) is 63.7. The molecular formula is C84H165NO8. The fourth-order valence-electron chi connectivity index (χ4n) is 13.4. The van der Waals surface area contributed by atoms with Crippen LogP contribution < -0.4 is 5.11 Å². The molecule has 0 rings (SSSR count). The van der Waals surface area contributed by atoms with Crippen molar-refractivity contribution < 1.29 is 42.9 Å². The standard InChI is InChI=1S/C84H165NO8/c1-6-8-10-12-14-16-18-20-22-24-26-28-30-32-34-35-36-37-38-39-40-41-42-43-44-45-46-47-49-51-53-55-57-59-61-63-65-67-69-71-73-75-82(87)93-80(79-92-84(83(88)89)90-77-76-85(3,4)5)78-91-81(86)74-72-70-68-66-64-62-60-58-56-54-52-50-48-33-31-29-27-25-23-21-19-17-15-13-11-9-7-2/h80,84H,6-79H2,1-5H3. The summed E-state index contributed by atoms with van der Waals surface area (Å²) in [7, 11) is 5.96. The lowest BCUT2D eigenvalue weighted by atomic mass is 10.0. The van der Waals surface area contributed by atoms with Gasteiger partial charge in [-0.05, 0) is 12.8 Å². The van der Waals surface area contributed by atoms with Crippen LogP contribution in [-0.2, 0) is 33.3 Å². The van der Waals surface area contributed by atoms with E-state index in [1.165, 1.54) is 398 Å². The highest BCUT2D eigenvalue weighted by molar-refractivity contribution is 5.70. The first kappa shape index (κ1) is 91.3. The van der Waals surface area contributed by atoms with E-state index in [0.29, 0.717) is 17.4 Å². The van der Waals surface area contributed by atoms with E-state index in [2.05, 4.69) is 13.8 Å². The molecular weight excluding hydrogens is 1150 g/mol. The Kier molecular flexibility index (Phi) is 74.7. The SMILES string of the molecule is CCCCCCCCCCCCCCCCCCCCCCCCCCCCCCCCCCCCCCCCCCCC(=O)OC(COC(=O)CCCCCCCCCCCCCCCCCCCCCCCCCCCCC)COC(OCC[N+](C)(C)C)C(=O)[O-]. The molecule has 93 heavy (non-hydrogen) atoms. The van der Waals surface area contributed by atoms with Crippen molar-refractivity contribution in [1.29, 1.82) is 0 Å². The molecule has 2 unspecified atom stereocenters. The molecule has 9 heteroatoms. The number of carbonyl (C=O) groups excluding carboxylic acids is 3. The van der Waals surface area contributed by atoms with Gasteiger partial charge in [-0.2, -0.15) is 0 Å². The Labute approximate surface area is 581 Å². The van der Waals surface area contributed by atoms with Gasteiger partial charge in [0.15, 0.2) is 12.4 Å². The fraction of sp³-hybridized carbons (Fsp3) is 0.964. The number of unbranched alkanes of at least 4 members (excludes halogenated alkanes) is 66. The van der Waals surface area contributed by atoms with Crippen molar-refractivity contribution in [1.82, 2.24) is 0 Å². The fourth-order valence-corrected chi connectivity index (χ4v) is 13.4. The van der Waals surface area contributed by atoms with Crippen LogP contribution in [0.15, 0.2) is 0 Å². The highest BCUT2D eigenvalue weighted by Gasteiger charge is 2.22. The molecule has 0 radical (unpaired) electrons. The van der Waals surface area contributed by atoms with Gasteiger partial charge < -0.3 is 33.3 Å². The van der Waals surface area contributed by atoms with E-state index >= 15 is 0 Å². The molecule has 0 aliphatic rings. The molecule has 554 valence electrons. The minimum Gasteiger partial charge on any atom is -0.545 e. The number of carboxylic acids is 1. The van der Waals surface area contributed by atoms with Gasteiger partial charge >= 0.3 is 11.9 Å². The van der Waals surface area contributed by atoms with E-state index in [-0.39, 0.29) is 32.2 Å². The Morgan fingerprint density at radius 1 is 0.280 bits per heavy atom. The van der Waals surface area contributed by atoms with Gasteiger partial charge in [-0.15, -0.1) is 0 Å². The number of hydrogen-bond donors (Lipinski definition) is 0. The first-order valence-corrected chi connectivity index (χ1v) is 42.2. The predicted molar refractivity (Wildman–Crippen MR) is 399 cm³/mol. The molecule has 0 aromatic heterocycles. The average Bonchev–Trinajstić information content (AvgIpc) is 3.38. The van der Waals surface area contributed by atoms with Gasteiger partial charge in [0.1, 0.15) is 13.2 Å². The number of likely N-dealkylation sites (N-methyl/N-ethyl adjacent to an activating group) is 1. The van der Waals surface area contributed by atoms with Crippen molar-refractivity contribution in [3.63, 3.8) is 0 Å². The van der Waals surface area contributed by atoms with Crippen LogP contribution in [0, 0.1) is 0 Å². The summed E-state index contributed by atoms with van der Waals surface area (Å²) in [6, 6.07) is 0. The third-order valence-corrected chi connectivity index (χ3v) is 19.9. The minimum atomic E-state index is -1.62. The molecule has 0 aliphatic heterocycles. The Morgan fingerprint density at radius 2 is 0.484 bits per heavy atom. The second-order valence-corrected chi connectivity index (χ2v) is 30.5. The lowest BCUT2D eigenvalue weighted by molar-refractivity contribution is -0.870. The third-order valence-electron chi connectivity index (χ3n) is 19.9. The van der Waals surface area contributed by atoms with Crippen molar-refractivity contribution in [2.24, 2.45) is 0 Å². The molecule has 0 aromatic carbocycles. The van der Waals surface area contributed by atoms with Gasteiger partial charge in [0, 0.05) is 12.8 Å². The van der Waals surface area contributed by atoms with Crippen molar-refractivity contribution in [2.45, 2.75) is 476 Å². The topological polar surface area (TPSA) is 111 Å². The normalized spacial score (nSPS) is 12.5. The van der Waals surface area contributed by atoms with Gasteiger partial charge in [0.05, 0.1) is 40.3 Å². The summed E-state index contributed by atoms with van der Waals surface area (Å²) in [4.78, 5) is 37.6. The molecule has 0 saturated carbocycles. The molecule has 2 atom stereocenters. The molecule has 0 N–H and O–H groups in total. The van der Waals surface area contributed by atoms with E-state index in [4.69, 9.17) is 18.9 Å². The summed E-state index contributed by atoms with van der Waals surface area (Å²) in [5.74, 6) is -2.24. The quantitative estimate of drug-likeness (QED) is 0.0256. The largest absolute Gasteiger partial charge is 0.545 e. The van der Waals surface area contributed by atoms with Crippen molar-refractivity contribution >= 4 is 17.9 Å². The first-order chi connectivity index (χ1) is 45.6. The molecule has 0 aliphatic carbocycles. The Balaban J connectivity index is 3.88. The summed E-state index contributed by atoms with van der Waals surface area (Å²) < 4.78 is 22.9. The number of carboxylic acid groups (broad SMARTS) is 1. The number of ether oxygens (including phenoxy) is 4. The number of nitrogens with zero attached hydrogens (tertiary/aromatic N) is 1. The van der Waals surface area contributed by atoms with Crippen LogP contribution in [-0.4, -0.2) is 82.3 Å². The zero-order valence-electron chi connectivity index (χ0n) is 63.7. The number of hydrogen-bond acceptors (Lipinski definition) is 8. The lowest BCUT2D eigenvalue weighted by Gasteiger charge is -2.26. The number of quaternary nitrogens is 1. The van der Waals surface area contributed by atoms with Gasteiger partial charge in [-0.3, -0.25) is 9.59 Å². The van der Waals surface area contributed by atoms with Crippen LogP contribution in [0.1, 0.15) is 463 Å². The third kappa shape index (κ3) is 77.5. The molecule has 0 fully saturated rings. The monoisotopic (exact) mass is 1320 g/mol. The number of esters is 2. The molecule has 0 bridgehead atoms. The highest BCUT2D eigenvalue weighted by atomic mass is 16.7. The molecule has 0 amide bonds. The smallest absolute Gasteiger partial charge is 0.306 e. The van der Waals surface area contributed by atoms with Crippen molar-refractivity contribution in [3.05, 3.63) is 0 Å². The maximum atomic E-state index is 13.0. The van der Waals surface area contributed by atoms with Gasteiger partial charge in [-0.1, -0.05) is 438 Å². The first-order valence-electron chi connectivity index (χ1n) is 42.2. The number of carbonyl (C=O) groups is 3. The van der Waals surface area contributed by atoms with Crippen LogP contribution in [0.4, 0.5) is 0 Å². The van der Waals surface area contributed by atoms with Crippen molar-refractivity contribution in [2.75, 3.05) is 47.5 Å². The molecule has 0 heterocycles. The summed E-state index contributed by atoms with van der Waals surface area (Å²) in [6.45, 7) is 4.86. The maximum Gasteiger partial charge on any atom is 0.306 e. The Hall–Kier alpha value is -1.71. The van der Waals surface area contributed by atoms with E-state index in [1.54, 1.807) is 0 Å². The molecule has 0 spiro atoms. The number of rotatable bonds is 81. The molecule has 0 aromatic rings. The summed E-state index contributed by atoms with van der Waals surface area (Å²) in [6.07, 6.45) is 91.2. The lowest BCUT2D eigenvalue weighted by Crippen LogP contribution is -2.44. The summed E-state index contributed by atoms with van der Waals surface area (Å²) in [5.41, 5.74) is 0. The highest BCUT2D eigenvalue weighted by Crippen LogP contribution is 2.21. The van der Waals surface area contributed by atoms with E-state index in [0.717, 1.165) is 38.5 Å². The minimum absolute atomic E-state index is 0.154. The Bertz CT molecular complexity index is 1480. The molecule has 9 nitrogen and oxygen atoms in total. The average molecular weight is 1320 g/mol. The molecule has 0 saturated heterocycles. The Morgan fingerprint density at radius 3 is 0.688 bits per heavy atom. The van der Waals surface area contributed by atoms with Crippen LogP contribution in [0.2, 0.25) is 0 Å². The van der Waals surface area contributed by atoms with Gasteiger partial charge in [-0.25, -0.2) is 0 Å². The van der Waals surface area contributed by atoms with Crippen LogP contribution in [0.3, 0.4) is 0 Å². The van der Waals surface area contributed by atoms with Crippen LogP contribution in [0.5, 0.6) is 0 Å². The second-order valence-electron chi connectivity index (χ2n) is 30.5. The zero-order chi connectivity index (χ0) is 67.5. The van der Waals surface area contributed by atoms with Gasteiger partial charge in [0.2, 0.25) is 0 Å². The summed E-state index contributed by atoms with van der Waals surface area (Å²) >= 11 is 0. The van der Waals surface area contributed by atoms with E-state index in [1.807, 2.05) is 21.1 Å². The van der Waals surface area contributed by atoms with Gasteiger partial charge in [0.25, 0.3) is 0 Å². The number of aliphatic carboxylic acids is 1. The van der Waals surface area contributed by atoms with Crippen LogP contribution >= 0.6 is 0 Å².